The molecule has 150 valence electrons. The Labute approximate surface area is 172 Å². The van der Waals surface area contributed by atoms with E-state index in [9.17, 15) is 14.3 Å². The SMILES string of the molecule is O=C(O)c1cnc(NCCOc2ccc(Cl)cc2)nc1CCc1ccc(F)cc1. The first kappa shape index (κ1) is 20.5. The molecule has 0 aliphatic rings. The lowest BCUT2D eigenvalue weighted by Crippen LogP contribution is -2.15. The van der Waals surface area contributed by atoms with Crippen LogP contribution in [0.1, 0.15) is 21.6 Å². The third-order valence-electron chi connectivity index (χ3n) is 4.13. The quantitative estimate of drug-likeness (QED) is 0.508. The minimum absolute atomic E-state index is 0.0510. The molecule has 3 rings (SSSR count). The van der Waals surface area contributed by atoms with E-state index in [0.717, 1.165) is 5.56 Å². The summed E-state index contributed by atoms with van der Waals surface area (Å²) in [6.07, 6.45) is 2.22. The number of aromatic nitrogens is 2. The van der Waals surface area contributed by atoms with E-state index in [4.69, 9.17) is 16.3 Å². The van der Waals surface area contributed by atoms with Crippen molar-refractivity contribution in [2.45, 2.75) is 12.8 Å². The zero-order valence-corrected chi connectivity index (χ0v) is 16.2. The zero-order valence-electron chi connectivity index (χ0n) is 15.4. The Bertz CT molecular complexity index is 966. The Morgan fingerprint density at radius 1 is 1.10 bits per heavy atom. The molecule has 2 N–H and O–H groups in total. The fourth-order valence-electron chi connectivity index (χ4n) is 2.65. The van der Waals surface area contributed by atoms with Crippen molar-refractivity contribution in [2.75, 3.05) is 18.5 Å². The van der Waals surface area contributed by atoms with Gasteiger partial charge in [-0.25, -0.2) is 19.2 Å². The van der Waals surface area contributed by atoms with Crippen LogP contribution in [0, 0.1) is 5.82 Å². The largest absolute Gasteiger partial charge is 0.492 e. The Morgan fingerprint density at radius 2 is 1.83 bits per heavy atom. The molecule has 0 amide bonds. The van der Waals surface area contributed by atoms with Gasteiger partial charge in [0.05, 0.1) is 17.8 Å². The van der Waals surface area contributed by atoms with Gasteiger partial charge in [-0.1, -0.05) is 23.7 Å². The average Bonchev–Trinajstić information content (AvgIpc) is 2.72. The van der Waals surface area contributed by atoms with Crippen LogP contribution in [0.2, 0.25) is 5.02 Å². The first-order valence-corrected chi connectivity index (χ1v) is 9.35. The van der Waals surface area contributed by atoms with E-state index in [1.54, 1.807) is 36.4 Å². The number of hydrogen-bond acceptors (Lipinski definition) is 5. The third kappa shape index (κ3) is 6.15. The van der Waals surface area contributed by atoms with E-state index in [0.29, 0.717) is 48.4 Å². The highest BCUT2D eigenvalue weighted by molar-refractivity contribution is 6.30. The molecule has 6 nitrogen and oxygen atoms in total. The molecule has 0 unspecified atom stereocenters. The Morgan fingerprint density at radius 3 is 2.52 bits per heavy atom. The summed E-state index contributed by atoms with van der Waals surface area (Å²) in [7, 11) is 0. The normalized spacial score (nSPS) is 10.6. The molecule has 0 fully saturated rings. The number of halogens is 2. The number of aryl methyl sites for hydroxylation is 2. The molecule has 8 heteroatoms. The van der Waals surface area contributed by atoms with Gasteiger partial charge in [-0.2, -0.15) is 0 Å². The topological polar surface area (TPSA) is 84.3 Å². The van der Waals surface area contributed by atoms with Crippen LogP contribution < -0.4 is 10.1 Å². The smallest absolute Gasteiger partial charge is 0.339 e. The van der Waals surface area contributed by atoms with Gasteiger partial charge in [0, 0.05) is 11.2 Å². The fourth-order valence-corrected chi connectivity index (χ4v) is 2.77. The predicted molar refractivity (Wildman–Crippen MR) is 108 cm³/mol. The standard InChI is InChI=1S/C21H19ClFN3O3/c22-15-4-8-17(9-5-15)29-12-11-24-21-25-13-18(20(27)28)19(26-21)10-3-14-1-6-16(23)7-2-14/h1-2,4-9,13H,3,10-12H2,(H,27,28)(H,24,25,26). The number of ether oxygens (including phenoxy) is 1. The van der Waals surface area contributed by atoms with Crippen LogP contribution >= 0.6 is 11.6 Å². The Hall–Kier alpha value is -3.19. The second kappa shape index (κ2) is 9.84. The summed E-state index contributed by atoms with van der Waals surface area (Å²) >= 11 is 5.83. The van der Waals surface area contributed by atoms with Gasteiger partial charge in [0.25, 0.3) is 0 Å². The lowest BCUT2D eigenvalue weighted by Gasteiger charge is -2.10. The molecule has 0 saturated carbocycles. The molecule has 0 saturated heterocycles. The summed E-state index contributed by atoms with van der Waals surface area (Å²) in [4.78, 5) is 19.8. The average molecular weight is 416 g/mol. The van der Waals surface area contributed by atoms with Crippen LogP contribution in [-0.4, -0.2) is 34.2 Å². The van der Waals surface area contributed by atoms with Gasteiger partial charge in [-0.3, -0.25) is 0 Å². The zero-order chi connectivity index (χ0) is 20.6. The van der Waals surface area contributed by atoms with E-state index in [1.807, 2.05) is 0 Å². The molecule has 0 aliphatic carbocycles. The number of nitrogens with one attached hydrogen (secondary N) is 1. The monoisotopic (exact) mass is 415 g/mol. The predicted octanol–water partition coefficient (Wildman–Crippen LogP) is 4.24. The Kier molecular flexibility index (Phi) is 6.97. The van der Waals surface area contributed by atoms with Crippen molar-refractivity contribution < 1.29 is 19.0 Å². The summed E-state index contributed by atoms with van der Waals surface area (Å²) in [6.45, 7) is 0.809. The molecule has 1 heterocycles. The van der Waals surface area contributed by atoms with Crippen molar-refractivity contribution in [3.63, 3.8) is 0 Å². The van der Waals surface area contributed by atoms with Crippen LogP contribution in [0.5, 0.6) is 5.75 Å². The maximum atomic E-state index is 13.0. The number of carboxylic acids is 1. The van der Waals surface area contributed by atoms with Crippen molar-refractivity contribution in [3.05, 3.63) is 82.4 Å². The second-order valence-electron chi connectivity index (χ2n) is 6.21. The number of anilines is 1. The maximum absolute atomic E-state index is 13.0. The molecular formula is C21H19ClFN3O3. The van der Waals surface area contributed by atoms with Crippen molar-refractivity contribution in [2.24, 2.45) is 0 Å². The maximum Gasteiger partial charge on any atom is 0.339 e. The van der Waals surface area contributed by atoms with Gasteiger partial charge in [0.2, 0.25) is 5.95 Å². The highest BCUT2D eigenvalue weighted by Crippen LogP contribution is 2.16. The van der Waals surface area contributed by atoms with E-state index in [2.05, 4.69) is 15.3 Å². The molecule has 1 aromatic heterocycles. The molecule has 0 bridgehead atoms. The van der Waals surface area contributed by atoms with Crippen molar-refractivity contribution in [3.8, 4) is 5.75 Å². The van der Waals surface area contributed by atoms with E-state index in [-0.39, 0.29) is 11.4 Å². The van der Waals surface area contributed by atoms with Gasteiger partial charge in [-0.05, 0) is 54.8 Å². The first-order chi connectivity index (χ1) is 14.0. The number of aromatic carboxylic acids is 1. The lowest BCUT2D eigenvalue weighted by atomic mass is 10.1. The van der Waals surface area contributed by atoms with Crippen molar-refractivity contribution in [1.29, 1.82) is 0 Å². The van der Waals surface area contributed by atoms with Gasteiger partial charge in [0.1, 0.15) is 18.2 Å². The molecule has 29 heavy (non-hydrogen) atoms. The minimum atomic E-state index is -1.09. The summed E-state index contributed by atoms with van der Waals surface area (Å²) in [5, 5.41) is 13.0. The van der Waals surface area contributed by atoms with Crippen LogP contribution in [0.15, 0.2) is 54.7 Å². The number of carboxylic acid groups (broad SMARTS) is 1. The number of hydrogen-bond donors (Lipinski definition) is 2. The molecule has 0 spiro atoms. The summed E-state index contributed by atoms with van der Waals surface area (Å²) in [5.74, 6) is -0.381. The number of benzene rings is 2. The number of rotatable bonds is 9. The number of nitrogens with zero attached hydrogens (tertiary/aromatic N) is 2. The summed E-state index contributed by atoms with van der Waals surface area (Å²) < 4.78 is 18.6. The molecule has 0 atom stereocenters. The van der Waals surface area contributed by atoms with Crippen LogP contribution in [-0.2, 0) is 12.8 Å². The Balaban J connectivity index is 1.58. The summed E-state index contributed by atoms with van der Waals surface area (Å²) in [6, 6.07) is 13.1. The van der Waals surface area contributed by atoms with Crippen molar-refractivity contribution >= 4 is 23.5 Å². The molecule has 3 aromatic rings. The minimum Gasteiger partial charge on any atom is -0.492 e. The van der Waals surface area contributed by atoms with Gasteiger partial charge < -0.3 is 15.2 Å². The van der Waals surface area contributed by atoms with E-state index in [1.165, 1.54) is 18.3 Å². The molecule has 0 radical (unpaired) electrons. The highest BCUT2D eigenvalue weighted by atomic mass is 35.5. The third-order valence-corrected chi connectivity index (χ3v) is 4.38. The first-order valence-electron chi connectivity index (χ1n) is 8.97. The number of carbonyl (C=O) groups is 1. The van der Waals surface area contributed by atoms with Crippen molar-refractivity contribution in [1.82, 2.24) is 9.97 Å². The fraction of sp³-hybridized carbons (Fsp3) is 0.190. The lowest BCUT2D eigenvalue weighted by molar-refractivity contribution is 0.0694. The highest BCUT2D eigenvalue weighted by Gasteiger charge is 2.14. The van der Waals surface area contributed by atoms with E-state index < -0.39 is 5.97 Å². The van der Waals surface area contributed by atoms with E-state index >= 15 is 0 Å². The second-order valence-corrected chi connectivity index (χ2v) is 6.65. The van der Waals surface area contributed by atoms with Gasteiger partial charge >= 0.3 is 5.97 Å². The molecule has 2 aromatic carbocycles. The molecular weight excluding hydrogens is 397 g/mol. The van der Waals surface area contributed by atoms with Crippen LogP contribution in [0.4, 0.5) is 10.3 Å². The van der Waals surface area contributed by atoms with Crippen LogP contribution in [0.3, 0.4) is 0 Å². The summed E-state index contributed by atoms with van der Waals surface area (Å²) in [5.41, 5.74) is 1.36. The van der Waals surface area contributed by atoms with Gasteiger partial charge in [-0.15, -0.1) is 0 Å². The van der Waals surface area contributed by atoms with Gasteiger partial charge in [0.15, 0.2) is 0 Å². The van der Waals surface area contributed by atoms with Crippen LogP contribution in [0.25, 0.3) is 0 Å². The molecule has 0 aliphatic heterocycles.